The molecule has 6 nitrogen and oxygen atoms in total. The van der Waals surface area contributed by atoms with Crippen molar-refractivity contribution >= 4 is 33.0 Å². The van der Waals surface area contributed by atoms with Gasteiger partial charge in [0.1, 0.15) is 9.71 Å². The summed E-state index contributed by atoms with van der Waals surface area (Å²) in [5.74, 6) is 0.889. The van der Waals surface area contributed by atoms with Gasteiger partial charge in [0.2, 0.25) is 5.78 Å². The number of carbonyl (C=O) groups is 1. The molecule has 0 unspecified atom stereocenters. The molecule has 0 saturated heterocycles. The lowest BCUT2D eigenvalue weighted by atomic mass is 9.95. The SMILES string of the molecule is Cc1ccc(C(=O)c2sc3c(c2N)c(=O)[nH]c(=O)n3[C@@H]2C[C@H]3CC[C@@H]2C3)cc1C. The van der Waals surface area contributed by atoms with Crippen LogP contribution in [0.15, 0.2) is 27.8 Å². The average molecular weight is 410 g/mol. The van der Waals surface area contributed by atoms with E-state index in [0.29, 0.717) is 27.1 Å². The van der Waals surface area contributed by atoms with Gasteiger partial charge in [-0.25, -0.2) is 4.79 Å². The molecule has 7 heteroatoms. The van der Waals surface area contributed by atoms with Crippen LogP contribution in [0.25, 0.3) is 10.2 Å². The lowest BCUT2D eigenvalue weighted by molar-refractivity contribution is 0.104. The zero-order valence-corrected chi connectivity index (χ0v) is 17.3. The summed E-state index contributed by atoms with van der Waals surface area (Å²) < 4.78 is 1.71. The van der Waals surface area contributed by atoms with E-state index in [1.165, 1.54) is 17.8 Å². The predicted molar refractivity (Wildman–Crippen MR) is 115 cm³/mol. The highest BCUT2D eigenvalue weighted by Crippen LogP contribution is 2.51. The Morgan fingerprint density at radius 3 is 2.62 bits per heavy atom. The second-order valence-corrected chi connectivity index (χ2v) is 9.52. The smallest absolute Gasteiger partial charge is 0.329 e. The van der Waals surface area contributed by atoms with Crippen LogP contribution in [0.2, 0.25) is 0 Å². The molecule has 2 aliphatic rings. The second-order valence-electron chi connectivity index (χ2n) is 8.52. The van der Waals surface area contributed by atoms with E-state index in [9.17, 15) is 14.4 Å². The lowest BCUT2D eigenvalue weighted by Crippen LogP contribution is -2.34. The van der Waals surface area contributed by atoms with Gasteiger partial charge in [-0.05, 0) is 62.1 Å². The number of aromatic nitrogens is 2. The summed E-state index contributed by atoms with van der Waals surface area (Å²) in [5, 5.41) is 0.268. The fraction of sp³-hybridized carbons (Fsp3) is 0.409. The summed E-state index contributed by atoms with van der Waals surface area (Å²) in [6.45, 7) is 3.95. The number of anilines is 1. The number of fused-ring (bicyclic) bond motifs is 3. The van der Waals surface area contributed by atoms with Gasteiger partial charge >= 0.3 is 5.69 Å². The van der Waals surface area contributed by atoms with Crippen LogP contribution in [0, 0.1) is 25.7 Å². The first-order chi connectivity index (χ1) is 13.8. The number of hydrogen-bond donors (Lipinski definition) is 2. The first-order valence-electron chi connectivity index (χ1n) is 10.0. The number of benzene rings is 1. The molecule has 0 spiro atoms. The van der Waals surface area contributed by atoms with E-state index < -0.39 is 11.2 Å². The van der Waals surface area contributed by atoms with Crippen LogP contribution in [0.5, 0.6) is 0 Å². The predicted octanol–water partition coefficient (Wildman–Crippen LogP) is 3.54. The third-order valence-corrected chi connectivity index (χ3v) is 8.02. The Morgan fingerprint density at radius 1 is 1.17 bits per heavy atom. The maximum absolute atomic E-state index is 13.2. The van der Waals surface area contributed by atoms with Crippen LogP contribution < -0.4 is 17.0 Å². The number of ketones is 1. The summed E-state index contributed by atoms with van der Waals surface area (Å²) in [5.41, 5.74) is 8.22. The second kappa shape index (κ2) is 6.42. The van der Waals surface area contributed by atoms with Crippen molar-refractivity contribution in [3.8, 4) is 0 Å². The van der Waals surface area contributed by atoms with Gasteiger partial charge in [-0.3, -0.25) is 19.1 Å². The Bertz CT molecular complexity index is 1280. The quantitative estimate of drug-likeness (QED) is 0.647. The molecule has 0 radical (unpaired) electrons. The Kier molecular flexibility index (Phi) is 4.07. The molecule has 3 atom stereocenters. The molecule has 1 aromatic carbocycles. The standard InChI is InChI=1S/C22H23N3O3S/c1-10-3-5-14(7-11(10)2)18(26)19-17(23)16-20(27)24-22(28)25(21(16)29-19)15-9-12-4-6-13(15)8-12/h3,5,7,12-13,15H,4,6,8-9,23H2,1-2H3,(H,24,27,28)/t12-,13+,15+/m0/s1. The molecule has 3 N–H and O–H groups in total. The molecule has 5 rings (SSSR count). The summed E-state index contributed by atoms with van der Waals surface area (Å²) in [4.78, 5) is 41.8. The van der Waals surface area contributed by atoms with Crippen LogP contribution in [-0.2, 0) is 0 Å². The van der Waals surface area contributed by atoms with Crippen molar-refractivity contribution in [2.45, 2.75) is 45.6 Å². The Balaban J connectivity index is 1.69. The van der Waals surface area contributed by atoms with Crippen molar-refractivity contribution in [3.63, 3.8) is 0 Å². The van der Waals surface area contributed by atoms with Crippen LogP contribution >= 0.6 is 11.3 Å². The first-order valence-corrected chi connectivity index (χ1v) is 10.9. The number of nitrogens with one attached hydrogen (secondary N) is 1. The van der Waals surface area contributed by atoms with E-state index in [0.717, 1.165) is 30.4 Å². The molecule has 2 saturated carbocycles. The Morgan fingerprint density at radius 2 is 1.97 bits per heavy atom. The van der Waals surface area contributed by atoms with E-state index in [4.69, 9.17) is 5.73 Å². The zero-order valence-electron chi connectivity index (χ0n) is 16.5. The fourth-order valence-corrected chi connectivity index (χ4v) is 6.38. The number of aryl methyl sites for hydroxylation is 2. The minimum Gasteiger partial charge on any atom is -0.397 e. The van der Waals surface area contributed by atoms with Gasteiger partial charge in [0, 0.05) is 11.6 Å². The molecule has 29 heavy (non-hydrogen) atoms. The average Bonchev–Trinajstić information content (AvgIpc) is 3.38. The Labute approximate surface area is 171 Å². The van der Waals surface area contributed by atoms with Crippen LogP contribution in [-0.4, -0.2) is 15.3 Å². The number of aromatic amines is 1. The maximum atomic E-state index is 13.2. The molecular weight excluding hydrogens is 386 g/mol. The van der Waals surface area contributed by atoms with E-state index >= 15 is 0 Å². The molecule has 2 aromatic heterocycles. The van der Waals surface area contributed by atoms with Gasteiger partial charge in [0.25, 0.3) is 5.56 Å². The van der Waals surface area contributed by atoms with Crippen molar-refractivity contribution < 1.29 is 4.79 Å². The largest absolute Gasteiger partial charge is 0.397 e. The van der Waals surface area contributed by atoms with E-state index in [2.05, 4.69) is 4.98 Å². The minimum absolute atomic E-state index is 0.0724. The minimum atomic E-state index is -0.516. The van der Waals surface area contributed by atoms with Gasteiger partial charge in [0.05, 0.1) is 11.1 Å². The first kappa shape index (κ1) is 18.4. The highest BCUT2D eigenvalue weighted by molar-refractivity contribution is 7.21. The molecule has 2 bridgehead atoms. The monoisotopic (exact) mass is 409 g/mol. The number of nitrogens with two attached hydrogens (primary N) is 1. The van der Waals surface area contributed by atoms with Gasteiger partial charge in [-0.1, -0.05) is 18.6 Å². The molecule has 2 fully saturated rings. The molecule has 2 aliphatic carbocycles. The molecule has 150 valence electrons. The fourth-order valence-electron chi connectivity index (χ4n) is 5.14. The van der Waals surface area contributed by atoms with Gasteiger partial charge in [0.15, 0.2) is 0 Å². The van der Waals surface area contributed by atoms with Crippen molar-refractivity contribution in [2.24, 2.45) is 11.8 Å². The third-order valence-electron chi connectivity index (χ3n) is 6.82. The third kappa shape index (κ3) is 2.71. The number of nitrogens with zero attached hydrogens (tertiary/aromatic N) is 1. The molecule has 2 heterocycles. The number of nitrogen functional groups attached to an aromatic ring is 1. The molecule has 0 amide bonds. The summed E-state index contributed by atoms with van der Waals surface area (Å²) in [6.07, 6.45) is 4.40. The van der Waals surface area contributed by atoms with Gasteiger partial charge in [-0.2, -0.15) is 0 Å². The summed E-state index contributed by atoms with van der Waals surface area (Å²) in [6, 6.07) is 5.60. The van der Waals surface area contributed by atoms with Gasteiger partial charge in [-0.15, -0.1) is 11.3 Å². The topological polar surface area (TPSA) is 98.0 Å². The van der Waals surface area contributed by atoms with E-state index in [1.807, 2.05) is 26.0 Å². The number of H-pyrrole nitrogens is 1. The van der Waals surface area contributed by atoms with E-state index in [-0.39, 0.29) is 22.9 Å². The number of hydrogen-bond acceptors (Lipinski definition) is 5. The van der Waals surface area contributed by atoms with E-state index in [1.54, 1.807) is 10.6 Å². The van der Waals surface area contributed by atoms with Gasteiger partial charge < -0.3 is 5.73 Å². The highest BCUT2D eigenvalue weighted by Gasteiger charge is 2.42. The normalized spacial score (nSPS) is 23.2. The van der Waals surface area contributed by atoms with Crippen molar-refractivity contribution in [2.75, 3.05) is 5.73 Å². The van der Waals surface area contributed by atoms with Crippen molar-refractivity contribution in [1.82, 2.24) is 9.55 Å². The number of carbonyl (C=O) groups excluding carboxylic acids is 1. The lowest BCUT2D eigenvalue weighted by Gasteiger charge is -2.24. The summed E-state index contributed by atoms with van der Waals surface area (Å²) in [7, 11) is 0. The Hall–Kier alpha value is -2.67. The van der Waals surface area contributed by atoms with Crippen molar-refractivity contribution in [1.29, 1.82) is 0 Å². The highest BCUT2D eigenvalue weighted by atomic mass is 32.1. The van der Waals surface area contributed by atoms with Crippen molar-refractivity contribution in [3.05, 3.63) is 60.6 Å². The van der Waals surface area contributed by atoms with Crippen LogP contribution in [0.3, 0.4) is 0 Å². The van der Waals surface area contributed by atoms with Crippen LogP contribution in [0.4, 0.5) is 5.69 Å². The molecular formula is C22H23N3O3S. The number of rotatable bonds is 3. The zero-order chi connectivity index (χ0) is 20.4. The number of thiophene rings is 1. The van der Waals surface area contributed by atoms with Crippen LogP contribution in [0.1, 0.15) is 58.1 Å². The molecule has 0 aliphatic heterocycles. The summed E-state index contributed by atoms with van der Waals surface area (Å²) >= 11 is 1.17. The maximum Gasteiger partial charge on any atom is 0.329 e. The molecule has 3 aromatic rings.